The number of ether oxygens (including phenoxy) is 1. The Morgan fingerprint density at radius 3 is 2.70 bits per heavy atom. The minimum absolute atomic E-state index is 0.0602. The number of para-hydroxylation sites is 2. The van der Waals surface area contributed by atoms with Crippen LogP contribution in [-0.4, -0.2) is 40.7 Å². The van der Waals surface area contributed by atoms with Crippen molar-refractivity contribution in [3.63, 3.8) is 0 Å². The Kier molecular flexibility index (Phi) is 4.56. The normalized spacial score (nSPS) is 20.8. The molecule has 1 saturated carbocycles. The summed E-state index contributed by atoms with van der Waals surface area (Å²) in [5, 5.41) is 13.7. The van der Waals surface area contributed by atoms with Gasteiger partial charge in [-0.2, -0.15) is 0 Å². The van der Waals surface area contributed by atoms with Gasteiger partial charge in [0.15, 0.2) is 6.23 Å². The Morgan fingerprint density at radius 2 is 1.93 bits per heavy atom. The monoisotopic (exact) mass is 404 g/mol. The SMILES string of the molecule is CN1C(=O)[C@@H](NC(O)c2ncc(C3(c4ccccc4)CC3)[nH]2)COc2ccccc21. The molecule has 1 amide bonds. The molecule has 0 bridgehead atoms. The van der Waals surface area contributed by atoms with Crippen LogP contribution < -0.4 is 15.0 Å². The first kappa shape index (κ1) is 18.8. The van der Waals surface area contributed by atoms with Gasteiger partial charge >= 0.3 is 0 Å². The van der Waals surface area contributed by atoms with E-state index in [0.29, 0.717) is 17.3 Å². The predicted octanol–water partition coefficient (Wildman–Crippen LogP) is 2.49. The second kappa shape index (κ2) is 7.27. The summed E-state index contributed by atoms with van der Waals surface area (Å²) < 4.78 is 5.80. The minimum atomic E-state index is -1.11. The second-order valence-corrected chi connectivity index (χ2v) is 7.93. The van der Waals surface area contributed by atoms with Crippen LogP contribution >= 0.6 is 0 Å². The third kappa shape index (κ3) is 3.16. The lowest BCUT2D eigenvalue weighted by atomic mass is 9.93. The van der Waals surface area contributed by atoms with E-state index in [1.54, 1.807) is 18.1 Å². The zero-order valence-electron chi connectivity index (χ0n) is 16.7. The molecule has 154 valence electrons. The number of benzene rings is 2. The van der Waals surface area contributed by atoms with Gasteiger partial charge in [0.05, 0.1) is 5.69 Å². The fraction of sp³-hybridized carbons (Fsp3) is 0.304. The van der Waals surface area contributed by atoms with Crippen molar-refractivity contribution in [2.45, 2.75) is 30.5 Å². The van der Waals surface area contributed by atoms with Gasteiger partial charge in [-0.15, -0.1) is 0 Å². The molecule has 3 aromatic rings. The number of aliphatic hydroxyl groups excluding tert-OH is 1. The van der Waals surface area contributed by atoms with E-state index in [1.165, 1.54) is 5.56 Å². The van der Waals surface area contributed by atoms with Crippen molar-refractivity contribution in [1.82, 2.24) is 15.3 Å². The first-order valence-electron chi connectivity index (χ1n) is 10.1. The molecule has 0 saturated heterocycles. The highest BCUT2D eigenvalue weighted by Crippen LogP contribution is 2.52. The molecule has 2 aliphatic rings. The number of aromatic nitrogens is 2. The number of nitrogens with zero attached hydrogens (tertiary/aromatic N) is 2. The first-order valence-corrected chi connectivity index (χ1v) is 10.1. The van der Waals surface area contributed by atoms with E-state index in [-0.39, 0.29) is 17.9 Å². The lowest BCUT2D eigenvalue weighted by molar-refractivity contribution is -0.121. The molecule has 1 aliphatic carbocycles. The highest BCUT2D eigenvalue weighted by molar-refractivity contribution is 5.98. The van der Waals surface area contributed by atoms with Crippen molar-refractivity contribution >= 4 is 11.6 Å². The average molecular weight is 404 g/mol. The topological polar surface area (TPSA) is 90.5 Å². The van der Waals surface area contributed by atoms with Crippen molar-refractivity contribution in [3.8, 4) is 5.75 Å². The molecular formula is C23H24N4O3. The third-order valence-corrected chi connectivity index (χ3v) is 6.07. The number of imidazole rings is 1. The summed E-state index contributed by atoms with van der Waals surface area (Å²) >= 11 is 0. The number of nitrogens with one attached hydrogen (secondary N) is 2. The third-order valence-electron chi connectivity index (χ3n) is 6.07. The molecule has 5 rings (SSSR count). The summed E-state index contributed by atoms with van der Waals surface area (Å²) in [6.07, 6.45) is 2.76. The summed E-state index contributed by atoms with van der Waals surface area (Å²) in [5.74, 6) is 0.865. The van der Waals surface area contributed by atoms with E-state index >= 15 is 0 Å². The van der Waals surface area contributed by atoms with Crippen LogP contribution in [0.15, 0.2) is 60.8 Å². The van der Waals surface area contributed by atoms with Gasteiger partial charge in [-0.05, 0) is 30.5 Å². The number of rotatable bonds is 5. The van der Waals surface area contributed by atoms with Gasteiger partial charge in [0.25, 0.3) is 0 Å². The molecule has 0 radical (unpaired) electrons. The Labute approximate surface area is 174 Å². The number of likely N-dealkylation sites (N-methyl/N-ethyl adjacent to an activating group) is 1. The van der Waals surface area contributed by atoms with Gasteiger partial charge in [-0.1, -0.05) is 42.5 Å². The molecule has 2 aromatic carbocycles. The number of hydrogen-bond donors (Lipinski definition) is 3. The van der Waals surface area contributed by atoms with E-state index in [9.17, 15) is 9.90 Å². The molecule has 7 nitrogen and oxygen atoms in total. The Balaban J connectivity index is 1.32. The van der Waals surface area contributed by atoms with Crippen molar-refractivity contribution < 1.29 is 14.6 Å². The largest absolute Gasteiger partial charge is 0.489 e. The first-order chi connectivity index (χ1) is 14.6. The molecule has 30 heavy (non-hydrogen) atoms. The smallest absolute Gasteiger partial charge is 0.247 e. The number of aromatic amines is 1. The highest BCUT2D eigenvalue weighted by Gasteiger charge is 2.47. The summed E-state index contributed by atoms with van der Waals surface area (Å²) in [4.78, 5) is 22.1. The maximum Gasteiger partial charge on any atom is 0.247 e. The summed E-state index contributed by atoms with van der Waals surface area (Å²) in [6.45, 7) is 0.124. The zero-order chi connectivity index (χ0) is 20.7. The van der Waals surface area contributed by atoms with Crippen LogP contribution in [0.5, 0.6) is 5.75 Å². The van der Waals surface area contributed by atoms with Crippen LogP contribution in [-0.2, 0) is 10.2 Å². The molecule has 2 heterocycles. The Hall–Kier alpha value is -3.16. The quantitative estimate of drug-likeness (QED) is 0.569. The van der Waals surface area contributed by atoms with E-state index in [1.807, 2.05) is 42.5 Å². The predicted molar refractivity (Wildman–Crippen MR) is 112 cm³/mol. The molecule has 7 heteroatoms. The summed E-state index contributed by atoms with van der Waals surface area (Å²) in [6, 6.07) is 17.0. The minimum Gasteiger partial charge on any atom is -0.489 e. The lowest BCUT2D eigenvalue weighted by Gasteiger charge is -2.22. The fourth-order valence-electron chi connectivity index (χ4n) is 4.16. The van der Waals surface area contributed by atoms with Crippen LogP contribution in [0.25, 0.3) is 0 Å². The number of H-pyrrole nitrogens is 1. The summed E-state index contributed by atoms with van der Waals surface area (Å²) in [7, 11) is 1.71. The van der Waals surface area contributed by atoms with E-state index in [2.05, 4.69) is 27.4 Å². The molecule has 0 spiro atoms. The van der Waals surface area contributed by atoms with E-state index in [0.717, 1.165) is 18.5 Å². The van der Waals surface area contributed by atoms with Crippen LogP contribution in [0.1, 0.15) is 36.2 Å². The van der Waals surface area contributed by atoms with Crippen molar-refractivity contribution in [1.29, 1.82) is 0 Å². The van der Waals surface area contributed by atoms with Gasteiger partial charge in [0.2, 0.25) is 5.91 Å². The number of carbonyl (C=O) groups is 1. The molecule has 1 aromatic heterocycles. The molecule has 1 fully saturated rings. The summed E-state index contributed by atoms with van der Waals surface area (Å²) in [5.41, 5.74) is 2.88. The van der Waals surface area contributed by atoms with E-state index < -0.39 is 12.3 Å². The number of carbonyl (C=O) groups excluding carboxylic acids is 1. The van der Waals surface area contributed by atoms with Gasteiger partial charge in [-0.25, -0.2) is 4.98 Å². The number of fused-ring (bicyclic) bond motifs is 1. The van der Waals surface area contributed by atoms with Gasteiger partial charge < -0.3 is 19.7 Å². The highest BCUT2D eigenvalue weighted by atomic mass is 16.5. The van der Waals surface area contributed by atoms with Crippen molar-refractivity contribution in [2.24, 2.45) is 0 Å². The van der Waals surface area contributed by atoms with Crippen molar-refractivity contribution in [3.05, 3.63) is 77.9 Å². The van der Waals surface area contributed by atoms with Gasteiger partial charge in [0, 0.05) is 24.4 Å². The van der Waals surface area contributed by atoms with Crippen LogP contribution in [0.3, 0.4) is 0 Å². The number of hydrogen-bond acceptors (Lipinski definition) is 5. The van der Waals surface area contributed by atoms with Crippen LogP contribution in [0.2, 0.25) is 0 Å². The second-order valence-electron chi connectivity index (χ2n) is 7.93. The molecule has 1 aliphatic heterocycles. The Bertz CT molecular complexity index is 1060. The zero-order valence-corrected chi connectivity index (χ0v) is 16.7. The van der Waals surface area contributed by atoms with Gasteiger partial charge in [0.1, 0.15) is 24.2 Å². The molecular weight excluding hydrogens is 380 g/mol. The molecule has 2 atom stereocenters. The van der Waals surface area contributed by atoms with Crippen LogP contribution in [0, 0.1) is 0 Å². The van der Waals surface area contributed by atoms with E-state index in [4.69, 9.17) is 4.74 Å². The lowest BCUT2D eigenvalue weighted by Crippen LogP contribution is -2.48. The number of anilines is 1. The number of aliphatic hydroxyl groups is 1. The van der Waals surface area contributed by atoms with Crippen LogP contribution in [0.4, 0.5) is 5.69 Å². The maximum atomic E-state index is 12.9. The standard InChI is InChI=1S/C23H24N4O3/c1-27-17-9-5-6-10-18(17)30-14-16(22(27)29)25-21(28)20-24-13-19(26-20)23(11-12-23)15-7-3-2-4-8-15/h2-10,13,16,21,25,28H,11-12,14H2,1H3,(H,24,26)/t16-,21?/m0/s1. The van der Waals surface area contributed by atoms with Crippen molar-refractivity contribution in [2.75, 3.05) is 18.6 Å². The molecule has 1 unspecified atom stereocenters. The Morgan fingerprint density at radius 1 is 1.20 bits per heavy atom. The molecule has 3 N–H and O–H groups in total. The van der Waals surface area contributed by atoms with Gasteiger partial charge in [-0.3, -0.25) is 10.1 Å². The maximum absolute atomic E-state index is 12.9. The fourth-order valence-corrected chi connectivity index (χ4v) is 4.16. The number of amides is 1. The average Bonchev–Trinajstić information content (AvgIpc) is 3.47.